The number of thioether (sulfide) groups is 2. The zero-order valence-corrected chi connectivity index (χ0v) is 12.1. The summed E-state index contributed by atoms with van der Waals surface area (Å²) in [6.45, 7) is 2.05. The second-order valence-corrected chi connectivity index (χ2v) is 7.43. The van der Waals surface area contributed by atoms with Crippen LogP contribution in [-0.4, -0.2) is 27.6 Å². The molecule has 3 atom stereocenters. The average Bonchev–Trinajstić information content (AvgIpc) is 2.73. The van der Waals surface area contributed by atoms with E-state index in [2.05, 4.69) is 16.9 Å². The predicted octanol–water partition coefficient (Wildman–Crippen LogP) is 3.92. The number of hydrogen-bond donors (Lipinski definition) is 0. The first-order valence-electron chi connectivity index (χ1n) is 6.50. The molecule has 3 unspecified atom stereocenters. The molecule has 1 aliphatic carbocycles. The summed E-state index contributed by atoms with van der Waals surface area (Å²) in [4.78, 5) is 8.79. The van der Waals surface area contributed by atoms with Gasteiger partial charge in [0, 0.05) is 22.5 Å². The van der Waals surface area contributed by atoms with Gasteiger partial charge in [-0.3, -0.25) is 4.39 Å². The third-order valence-electron chi connectivity index (χ3n) is 3.81. The van der Waals surface area contributed by atoms with Crippen LogP contribution >= 0.6 is 23.5 Å². The fourth-order valence-electron chi connectivity index (χ4n) is 2.96. The van der Waals surface area contributed by atoms with Gasteiger partial charge in [-0.15, -0.1) is 23.5 Å². The minimum absolute atomic E-state index is 0.290. The van der Waals surface area contributed by atoms with Crippen molar-refractivity contribution in [3.8, 4) is 0 Å². The Bertz CT molecular complexity index is 441. The fourth-order valence-corrected chi connectivity index (χ4v) is 5.45. The van der Waals surface area contributed by atoms with Crippen LogP contribution in [0.15, 0.2) is 16.4 Å². The molecule has 2 aliphatic rings. The summed E-state index contributed by atoms with van der Waals surface area (Å²) in [5.41, 5.74) is 1.32. The summed E-state index contributed by atoms with van der Waals surface area (Å²) < 4.78 is 12.3. The molecule has 1 aliphatic heterocycles. The van der Waals surface area contributed by atoms with Gasteiger partial charge in [0.1, 0.15) is 16.4 Å². The Morgan fingerprint density at radius 2 is 2.33 bits per heavy atom. The minimum atomic E-state index is -0.290. The zero-order chi connectivity index (χ0) is 12.5. The SMILES string of the molecule is CC1CCC2c3c(SCCF)ncnc3SC2C1. The predicted molar refractivity (Wildman–Crippen MR) is 74.1 cm³/mol. The van der Waals surface area contributed by atoms with Gasteiger partial charge < -0.3 is 0 Å². The molecule has 98 valence electrons. The lowest BCUT2D eigenvalue weighted by Crippen LogP contribution is -2.21. The van der Waals surface area contributed by atoms with Crippen molar-refractivity contribution in [2.24, 2.45) is 5.92 Å². The first-order valence-corrected chi connectivity index (χ1v) is 8.36. The number of rotatable bonds is 3. The van der Waals surface area contributed by atoms with Crippen LogP contribution in [0.2, 0.25) is 0 Å². The van der Waals surface area contributed by atoms with Crippen molar-refractivity contribution in [1.82, 2.24) is 9.97 Å². The van der Waals surface area contributed by atoms with Crippen molar-refractivity contribution in [3.05, 3.63) is 11.9 Å². The van der Waals surface area contributed by atoms with Gasteiger partial charge >= 0.3 is 0 Å². The van der Waals surface area contributed by atoms with Crippen LogP contribution in [0.4, 0.5) is 4.39 Å². The third kappa shape index (κ3) is 2.27. The molecular weight excluding hydrogens is 267 g/mol. The minimum Gasteiger partial charge on any atom is -0.250 e. The van der Waals surface area contributed by atoms with Crippen LogP contribution in [0.25, 0.3) is 0 Å². The normalized spacial score (nSPS) is 30.0. The van der Waals surface area contributed by atoms with E-state index in [-0.39, 0.29) is 6.67 Å². The number of aromatic nitrogens is 2. The van der Waals surface area contributed by atoms with E-state index in [4.69, 9.17) is 0 Å². The summed E-state index contributed by atoms with van der Waals surface area (Å²) in [6, 6.07) is 0. The quantitative estimate of drug-likeness (QED) is 0.621. The molecule has 18 heavy (non-hydrogen) atoms. The van der Waals surface area contributed by atoms with E-state index in [9.17, 15) is 4.39 Å². The monoisotopic (exact) mass is 284 g/mol. The van der Waals surface area contributed by atoms with Gasteiger partial charge in [0.2, 0.25) is 0 Å². The molecular formula is C13H17FN2S2. The molecule has 0 radical (unpaired) electrons. The number of fused-ring (bicyclic) bond motifs is 3. The van der Waals surface area contributed by atoms with E-state index in [1.165, 1.54) is 24.8 Å². The summed E-state index contributed by atoms with van der Waals surface area (Å²) in [5.74, 6) is 1.93. The van der Waals surface area contributed by atoms with Crippen LogP contribution in [0.3, 0.4) is 0 Å². The van der Waals surface area contributed by atoms with E-state index in [0.29, 0.717) is 16.9 Å². The molecule has 0 amide bonds. The van der Waals surface area contributed by atoms with Crippen LogP contribution in [0, 0.1) is 5.92 Å². The zero-order valence-electron chi connectivity index (χ0n) is 10.4. The Kier molecular flexibility index (Phi) is 3.80. The van der Waals surface area contributed by atoms with Crippen LogP contribution in [0.1, 0.15) is 37.7 Å². The Balaban J connectivity index is 1.88. The third-order valence-corrected chi connectivity index (χ3v) is 6.14. The number of nitrogens with zero attached hydrogens (tertiary/aromatic N) is 2. The Morgan fingerprint density at radius 3 is 3.17 bits per heavy atom. The van der Waals surface area contributed by atoms with Gasteiger partial charge in [0.25, 0.3) is 0 Å². The van der Waals surface area contributed by atoms with Crippen molar-refractivity contribution < 1.29 is 4.39 Å². The van der Waals surface area contributed by atoms with Gasteiger partial charge in [-0.25, -0.2) is 9.97 Å². The van der Waals surface area contributed by atoms with Crippen molar-refractivity contribution in [2.45, 2.75) is 47.4 Å². The van der Waals surface area contributed by atoms with Crippen LogP contribution in [-0.2, 0) is 0 Å². The molecule has 0 N–H and O–H groups in total. The highest BCUT2D eigenvalue weighted by atomic mass is 32.2. The largest absolute Gasteiger partial charge is 0.250 e. The summed E-state index contributed by atoms with van der Waals surface area (Å²) in [6.07, 6.45) is 5.44. The lowest BCUT2D eigenvalue weighted by Gasteiger charge is -2.29. The molecule has 2 heterocycles. The van der Waals surface area contributed by atoms with Gasteiger partial charge in [-0.1, -0.05) is 13.3 Å². The lowest BCUT2D eigenvalue weighted by atomic mass is 9.80. The van der Waals surface area contributed by atoms with Gasteiger partial charge in [-0.05, 0) is 18.8 Å². The second kappa shape index (κ2) is 5.37. The fraction of sp³-hybridized carbons (Fsp3) is 0.692. The average molecular weight is 284 g/mol. The van der Waals surface area contributed by atoms with Gasteiger partial charge in [0.05, 0.1) is 6.67 Å². The summed E-state index contributed by atoms with van der Waals surface area (Å²) >= 11 is 3.46. The highest BCUT2D eigenvalue weighted by molar-refractivity contribution is 8.00. The molecule has 5 heteroatoms. The van der Waals surface area contributed by atoms with Crippen molar-refractivity contribution in [3.63, 3.8) is 0 Å². The molecule has 1 aromatic heterocycles. The van der Waals surface area contributed by atoms with Gasteiger partial charge in [-0.2, -0.15) is 0 Å². The summed E-state index contributed by atoms with van der Waals surface area (Å²) in [7, 11) is 0. The molecule has 3 rings (SSSR count). The standard InChI is InChI=1S/C13H17FN2S2/c1-8-2-3-9-10(6-8)18-13-11(9)12(15-7-16-13)17-5-4-14/h7-10H,2-6H2,1H3. The molecule has 1 fully saturated rings. The highest BCUT2D eigenvalue weighted by Gasteiger charge is 2.40. The molecule has 0 aromatic carbocycles. The number of hydrogen-bond acceptors (Lipinski definition) is 4. The van der Waals surface area contributed by atoms with Crippen LogP contribution < -0.4 is 0 Å². The molecule has 0 saturated heterocycles. The van der Waals surface area contributed by atoms with E-state index in [0.717, 1.165) is 16.0 Å². The van der Waals surface area contributed by atoms with E-state index in [1.807, 2.05) is 11.8 Å². The maximum atomic E-state index is 12.3. The van der Waals surface area contributed by atoms with Crippen LogP contribution in [0.5, 0.6) is 0 Å². The summed E-state index contributed by atoms with van der Waals surface area (Å²) in [5, 5.41) is 2.84. The number of alkyl halides is 1. The first-order chi connectivity index (χ1) is 8.79. The molecule has 0 bridgehead atoms. The van der Waals surface area contributed by atoms with Crippen molar-refractivity contribution in [2.75, 3.05) is 12.4 Å². The van der Waals surface area contributed by atoms with Crippen molar-refractivity contribution >= 4 is 23.5 Å². The maximum Gasteiger partial charge on any atom is 0.118 e. The smallest absolute Gasteiger partial charge is 0.118 e. The second-order valence-electron chi connectivity index (χ2n) is 5.12. The topological polar surface area (TPSA) is 25.8 Å². The lowest BCUT2D eigenvalue weighted by molar-refractivity contribution is 0.358. The van der Waals surface area contributed by atoms with E-state index in [1.54, 1.807) is 18.1 Å². The van der Waals surface area contributed by atoms with Crippen molar-refractivity contribution in [1.29, 1.82) is 0 Å². The molecule has 0 spiro atoms. The Morgan fingerprint density at radius 1 is 1.44 bits per heavy atom. The van der Waals surface area contributed by atoms with E-state index >= 15 is 0 Å². The Hall–Kier alpha value is -0.290. The maximum absolute atomic E-state index is 12.3. The molecule has 1 aromatic rings. The first kappa shape index (κ1) is 12.7. The highest BCUT2D eigenvalue weighted by Crippen LogP contribution is 2.54. The van der Waals surface area contributed by atoms with E-state index < -0.39 is 0 Å². The van der Waals surface area contributed by atoms with Gasteiger partial charge in [0.15, 0.2) is 0 Å². The number of halogens is 1. The Labute approximate surface area is 116 Å². The molecule has 2 nitrogen and oxygen atoms in total. The molecule has 1 saturated carbocycles.